The third kappa shape index (κ3) is 3.11. The molecule has 0 saturated heterocycles. The molecule has 0 aliphatic heterocycles. The zero-order valence-corrected chi connectivity index (χ0v) is 11.3. The second-order valence-electron chi connectivity index (χ2n) is 3.99. The van der Waals surface area contributed by atoms with Gasteiger partial charge in [0.25, 0.3) is 5.91 Å². The lowest BCUT2D eigenvalue weighted by Crippen LogP contribution is -2.13. The van der Waals surface area contributed by atoms with Crippen molar-refractivity contribution in [2.24, 2.45) is 0 Å². The molecule has 0 spiro atoms. The average molecular weight is 291 g/mol. The number of carbonyl (C=O) groups excluding carboxylic acids is 1. The number of carboxylic acids is 1. The summed E-state index contributed by atoms with van der Waals surface area (Å²) in [4.78, 5) is 22.9. The first-order valence-electron chi connectivity index (χ1n) is 5.87. The number of rotatable bonds is 5. The molecule has 1 aromatic carbocycles. The fourth-order valence-electron chi connectivity index (χ4n) is 1.67. The lowest BCUT2D eigenvalue weighted by molar-refractivity contribution is 0.0690. The summed E-state index contributed by atoms with van der Waals surface area (Å²) in [7, 11) is 2.92. The van der Waals surface area contributed by atoms with E-state index in [-0.39, 0.29) is 17.1 Å². The SMILES string of the molecule is COc1ccc(OC)c(C(=O)Nc2cc(C(=O)O)[nH]n2)c1. The van der Waals surface area contributed by atoms with Crippen LogP contribution in [0.4, 0.5) is 5.82 Å². The van der Waals surface area contributed by atoms with Crippen molar-refractivity contribution in [3.05, 3.63) is 35.5 Å². The van der Waals surface area contributed by atoms with E-state index in [1.807, 2.05) is 0 Å². The monoisotopic (exact) mass is 291 g/mol. The minimum Gasteiger partial charge on any atom is -0.497 e. The second kappa shape index (κ2) is 5.95. The van der Waals surface area contributed by atoms with Gasteiger partial charge in [0.2, 0.25) is 0 Å². The smallest absolute Gasteiger partial charge is 0.353 e. The van der Waals surface area contributed by atoms with Gasteiger partial charge < -0.3 is 19.9 Å². The molecule has 3 N–H and O–H groups in total. The molecule has 0 fully saturated rings. The minimum atomic E-state index is -1.16. The van der Waals surface area contributed by atoms with Gasteiger partial charge in [-0.05, 0) is 18.2 Å². The van der Waals surface area contributed by atoms with E-state index >= 15 is 0 Å². The Bertz CT molecular complexity index is 680. The van der Waals surface area contributed by atoms with Crippen LogP contribution < -0.4 is 14.8 Å². The molecule has 8 heteroatoms. The number of methoxy groups -OCH3 is 2. The Morgan fingerprint density at radius 2 is 2.00 bits per heavy atom. The maximum atomic E-state index is 12.2. The second-order valence-corrected chi connectivity index (χ2v) is 3.99. The van der Waals surface area contributed by atoms with Crippen molar-refractivity contribution in [1.82, 2.24) is 10.2 Å². The van der Waals surface area contributed by atoms with E-state index in [1.165, 1.54) is 26.4 Å². The Morgan fingerprint density at radius 1 is 1.24 bits per heavy atom. The third-order valence-corrected chi connectivity index (χ3v) is 2.70. The molecule has 8 nitrogen and oxygen atoms in total. The number of aromatic carboxylic acids is 1. The Morgan fingerprint density at radius 3 is 2.57 bits per heavy atom. The van der Waals surface area contributed by atoms with E-state index in [0.29, 0.717) is 11.5 Å². The van der Waals surface area contributed by atoms with Gasteiger partial charge in [-0.25, -0.2) is 4.79 Å². The molecular formula is C13H13N3O5. The summed E-state index contributed by atoms with van der Waals surface area (Å²) in [5, 5.41) is 17.2. The number of H-pyrrole nitrogens is 1. The largest absolute Gasteiger partial charge is 0.497 e. The molecule has 2 rings (SSSR count). The van der Waals surface area contributed by atoms with Crippen LogP contribution in [0.25, 0.3) is 0 Å². The number of nitrogens with one attached hydrogen (secondary N) is 2. The minimum absolute atomic E-state index is 0.0993. The van der Waals surface area contributed by atoms with Crippen molar-refractivity contribution in [1.29, 1.82) is 0 Å². The molecule has 0 bridgehead atoms. The maximum absolute atomic E-state index is 12.2. The number of carbonyl (C=O) groups is 2. The molecule has 2 aromatic rings. The van der Waals surface area contributed by atoms with Crippen LogP contribution in [0, 0.1) is 0 Å². The molecule has 1 heterocycles. The average Bonchev–Trinajstić information content (AvgIpc) is 2.95. The molecule has 21 heavy (non-hydrogen) atoms. The Hall–Kier alpha value is -3.03. The van der Waals surface area contributed by atoms with Crippen LogP contribution in [-0.4, -0.2) is 41.4 Å². The Labute approximate surface area is 119 Å². The lowest BCUT2D eigenvalue weighted by atomic mass is 10.1. The van der Waals surface area contributed by atoms with Crippen LogP contribution >= 0.6 is 0 Å². The number of benzene rings is 1. The normalized spacial score (nSPS) is 10.0. The van der Waals surface area contributed by atoms with Gasteiger partial charge in [0.15, 0.2) is 5.82 Å². The van der Waals surface area contributed by atoms with E-state index < -0.39 is 11.9 Å². The van der Waals surface area contributed by atoms with E-state index in [4.69, 9.17) is 14.6 Å². The molecule has 0 atom stereocenters. The molecule has 0 aliphatic rings. The van der Waals surface area contributed by atoms with E-state index in [0.717, 1.165) is 0 Å². The molecule has 110 valence electrons. The number of nitrogens with zero attached hydrogens (tertiary/aromatic N) is 1. The van der Waals surface area contributed by atoms with Gasteiger partial charge in [-0.15, -0.1) is 0 Å². The number of hydrogen-bond donors (Lipinski definition) is 3. The zero-order chi connectivity index (χ0) is 15.4. The van der Waals surface area contributed by atoms with Crippen molar-refractivity contribution in [3.8, 4) is 11.5 Å². The first-order valence-corrected chi connectivity index (χ1v) is 5.87. The number of hydrogen-bond acceptors (Lipinski definition) is 5. The summed E-state index contributed by atoms with van der Waals surface area (Å²) in [6, 6.07) is 5.99. The standard InChI is InChI=1S/C13H13N3O5/c1-20-7-3-4-10(21-2)8(5-7)12(17)14-11-6-9(13(18)19)15-16-11/h3-6H,1-2H3,(H,18,19)(H2,14,15,16,17). The van der Waals surface area contributed by atoms with Crippen LogP contribution in [0.15, 0.2) is 24.3 Å². The number of anilines is 1. The fraction of sp³-hybridized carbons (Fsp3) is 0.154. The summed E-state index contributed by atoms with van der Waals surface area (Å²) in [6.45, 7) is 0. The van der Waals surface area contributed by atoms with Crippen molar-refractivity contribution in [2.75, 3.05) is 19.5 Å². The van der Waals surface area contributed by atoms with Crippen LogP contribution in [0.5, 0.6) is 11.5 Å². The fourth-order valence-corrected chi connectivity index (χ4v) is 1.67. The summed E-state index contributed by atoms with van der Waals surface area (Å²) < 4.78 is 10.2. The molecule has 0 unspecified atom stereocenters. The van der Waals surface area contributed by atoms with Gasteiger partial charge in [0, 0.05) is 6.07 Å². The summed E-state index contributed by atoms with van der Waals surface area (Å²) in [5.41, 5.74) is 0.125. The van der Waals surface area contributed by atoms with Crippen LogP contribution in [0.2, 0.25) is 0 Å². The van der Waals surface area contributed by atoms with Crippen LogP contribution in [0.3, 0.4) is 0 Å². The highest BCUT2D eigenvalue weighted by atomic mass is 16.5. The van der Waals surface area contributed by atoms with E-state index in [2.05, 4.69) is 15.5 Å². The highest BCUT2D eigenvalue weighted by molar-refractivity contribution is 6.06. The number of amides is 1. The summed E-state index contributed by atoms with van der Waals surface area (Å²) >= 11 is 0. The topological polar surface area (TPSA) is 114 Å². The number of carboxylic acid groups (broad SMARTS) is 1. The predicted octanol–water partition coefficient (Wildman–Crippen LogP) is 1.38. The molecular weight excluding hydrogens is 278 g/mol. The molecule has 1 aromatic heterocycles. The van der Waals surface area contributed by atoms with Gasteiger partial charge >= 0.3 is 5.97 Å². The summed E-state index contributed by atoms with van der Waals surface area (Å²) in [5.74, 6) is -0.699. The molecule has 0 aliphatic carbocycles. The molecule has 1 amide bonds. The highest BCUT2D eigenvalue weighted by Crippen LogP contribution is 2.24. The van der Waals surface area contributed by atoms with Gasteiger partial charge in [0.1, 0.15) is 17.2 Å². The highest BCUT2D eigenvalue weighted by Gasteiger charge is 2.16. The number of aromatic amines is 1. The molecule has 0 saturated carbocycles. The van der Waals surface area contributed by atoms with Gasteiger partial charge in [-0.1, -0.05) is 0 Å². The van der Waals surface area contributed by atoms with Crippen LogP contribution in [0.1, 0.15) is 20.8 Å². The number of ether oxygens (including phenoxy) is 2. The number of aromatic nitrogens is 2. The van der Waals surface area contributed by atoms with Crippen molar-refractivity contribution >= 4 is 17.7 Å². The lowest BCUT2D eigenvalue weighted by Gasteiger charge is -2.09. The van der Waals surface area contributed by atoms with Gasteiger partial charge in [0.05, 0.1) is 19.8 Å². The van der Waals surface area contributed by atoms with E-state index in [1.54, 1.807) is 12.1 Å². The van der Waals surface area contributed by atoms with Crippen LogP contribution in [-0.2, 0) is 0 Å². The molecule has 0 radical (unpaired) electrons. The van der Waals surface area contributed by atoms with Crippen molar-refractivity contribution in [3.63, 3.8) is 0 Å². The maximum Gasteiger partial charge on any atom is 0.353 e. The van der Waals surface area contributed by atoms with E-state index in [9.17, 15) is 9.59 Å². The summed E-state index contributed by atoms with van der Waals surface area (Å²) in [6.07, 6.45) is 0. The zero-order valence-electron chi connectivity index (χ0n) is 11.3. The first kappa shape index (κ1) is 14.4. The Kier molecular flexibility index (Phi) is 4.07. The Balaban J connectivity index is 2.24. The van der Waals surface area contributed by atoms with Gasteiger partial charge in [-0.2, -0.15) is 5.10 Å². The predicted molar refractivity (Wildman–Crippen MR) is 73.0 cm³/mol. The van der Waals surface area contributed by atoms with Gasteiger partial charge in [-0.3, -0.25) is 9.89 Å². The quantitative estimate of drug-likeness (QED) is 0.766. The van der Waals surface area contributed by atoms with Crippen molar-refractivity contribution in [2.45, 2.75) is 0 Å². The van der Waals surface area contributed by atoms with Crippen molar-refractivity contribution < 1.29 is 24.2 Å². The first-order chi connectivity index (χ1) is 10.0. The third-order valence-electron chi connectivity index (χ3n) is 2.70.